The van der Waals surface area contributed by atoms with Crippen LogP contribution in [0, 0.1) is 23.3 Å². The summed E-state index contributed by atoms with van der Waals surface area (Å²) >= 11 is 0. The zero-order valence-corrected chi connectivity index (χ0v) is 25.5. The molecule has 44 heavy (non-hydrogen) atoms. The fourth-order valence-corrected chi connectivity index (χ4v) is 3.45. The highest BCUT2D eigenvalue weighted by molar-refractivity contribution is 6.01. The monoisotopic (exact) mass is 637 g/mol. The Morgan fingerprint density at radius 3 is 2.02 bits per heavy atom. The van der Waals surface area contributed by atoms with Gasteiger partial charge in [-0.1, -0.05) is 13.8 Å². The molecule has 246 valence electrons. The molecule has 2 atom stereocenters. The third-order valence-corrected chi connectivity index (χ3v) is 5.35. The van der Waals surface area contributed by atoms with E-state index in [4.69, 9.17) is 10.9 Å². The molecule has 1 heterocycles. The van der Waals surface area contributed by atoms with Crippen LogP contribution in [-0.4, -0.2) is 47.7 Å². The predicted octanol–water partition coefficient (Wildman–Crippen LogP) is 8.55. The molecule has 0 aliphatic carbocycles. The number of nitrogens with one attached hydrogen (secondary N) is 1. The molecule has 0 saturated heterocycles. The summed E-state index contributed by atoms with van der Waals surface area (Å²) in [6, 6.07) is 6.43. The molecular formula is C31H39F7N2O4. The van der Waals surface area contributed by atoms with Gasteiger partial charge in [-0.25, -0.2) is 22.4 Å². The lowest BCUT2D eigenvalue weighted by Gasteiger charge is -2.21. The number of alkyl carbamates (subject to hydrolysis) is 1. The van der Waals surface area contributed by atoms with Crippen molar-refractivity contribution in [2.45, 2.75) is 98.0 Å². The van der Waals surface area contributed by atoms with Gasteiger partial charge in [0, 0.05) is 43.3 Å². The molecule has 13 heteroatoms. The average molecular weight is 638 g/mol. The topological polar surface area (TPSA) is 84.8 Å². The highest BCUT2D eigenvalue weighted by Gasteiger charge is 2.25. The first-order chi connectivity index (χ1) is 20.7. The molecule has 0 radical (unpaired) electrons. The van der Waals surface area contributed by atoms with E-state index in [0.29, 0.717) is 25.0 Å². The van der Waals surface area contributed by atoms with Gasteiger partial charge in [0.2, 0.25) is 6.29 Å². The number of alkyl halides is 3. The van der Waals surface area contributed by atoms with E-state index in [9.17, 15) is 40.3 Å². The molecule has 1 amide bonds. The zero-order chi connectivity index (χ0) is 35.0. The van der Waals surface area contributed by atoms with Crippen LogP contribution >= 0.6 is 0 Å². The van der Waals surface area contributed by atoms with Gasteiger partial charge in [-0.05, 0) is 78.1 Å². The fraction of sp³-hybridized carbons (Fsp3) is 0.484. The van der Waals surface area contributed by atoms with Gasteiger partial charge in [0.05, 0.1) is 5.56 Å². The Morgan fingerprint density at radius 2 is 1.59 bits per heavy atom. The smallest absolute Gasteiger partial charge is 0.444 e. The second-order valence-corrected chi connectivity index (χ2v) is 10.4. The van der Waals surface area contributed by atoms with Gasteiger partial charge in [-0.15, -0.1) is 0 Å². The maximum atomic E-state index is 13.5. The van der Waals surface area contributed by atoms with Crippen molar-refractivity contribution in [2.75, 3.05) is 0 Å². The summed E-state index contributed by atoms with van der Waals surface area (Å²) in [7, 11) is 0. The zero-order valence-electron chi connectivity index (χ0n) is 26.5. The maximum Gasteiger partial charge on any atom is 0.446 e. The number of benzene rings is 2. The van der Waals surface area contributed by atoms with Crippen molar-refractivity contribution in [1.82, 2.24) is 5.32 Å². The number of rotatable bonds is 6. The normalized spacial score (nSPS) is 15.0. The largest absolute Gasteiger partial charge is 0.446 e. The van der Waals surface area contributed by atoms with Gasteiger partial charge >= 0.3 is 12.3 Å². The van der Waals surface area contributed by atoms with Gasteiger partial charge < -0.3 is 10.1 Å². The summed E-state index contributed by atoms with van der Waals surface area (Å²) in [5.74, 6) is -3.10. The quantitative estimate of drug-likeness (QED) is 0.195. The lowest BCUT2D eigenvalue weighted by atomic mass is 10.0. The van der Waals surface area contributed by atoms with Crippen molar-refractivity contribution >= 4 is 23.9 Å². The minimum absolute atomic E-state index is 0.0412. The number of carbonyl (C=O) groups is 3. The number of hydrogen-bond acceptors (Lipinski definition) is 5. The van der Waals surface area contributed by atoms with Crippen LogP contribution in [-0.2, 0) is 9.53 Å². The van der Waals surface area contributed by atoms with E-state index in [2.05, 4.69) is 10.3 Å². The molecule has 6 nitrogen and oxygen atoms in total. The summed E-state index contributed by atoms with van der Waals surface area (Å²) in [6.45, 7) is 11.3. The maximum absolute atomic E-state index is 13.5. The van der Waals surface area contributed by atoms with Gasteiger partial charge in [0.15, 0.2) is 5.78 Å². The average Bonchev–Trinajstić information content (AvgIpc) is 3.32. The lowest BCUT2D eigenvalue weighted by Crippen LogP contribution is -2.37. The van der Waals surface area contributed by atoms with Crippen LogP contribution in [0.15, 0.2) is 41.4 Å². The first-order valence-electron chi connectivity index (χ1n) is 14.3. The molecule has 3 rings (SSSR count). The number of aldehydes is 1. The summed E-state index contributed by atoms with van der Waals surface area (Å²) in [5, 5.41) is 2.60. The van der Waals surface area contributed by atoms with Crippen LogP contribution in [0.2, 0.25) is 0 Å². The predicted molar refractivity (Wildman–Crippen MR) is 154 cm³/mol. The number of Topliss-reactive ketones (excluding diaryl/α,β-unsaturated/α-hetero) is 1. The van der Waals surface area contributed by atoms with E-state index in [1.54, 1.807) is 34.6 Å². The second kappa shape index (κ2) is 18.8. The first-order valence-corrected chi connectivity index (χ1v) is 13.5. The summed E-state index contributed by atoms with van der Waals surface area (Å²) in [4.78, 5) is 36.4. The number of aliphatic imine (C=N–C) groups is 1. The third kappa shape index (κ3) is 16.8. The molecule has 0 spiro atoms. The minimum Gasteiger partial charge on any atom is -0.444 e. The molecule has 1 N–H and O–H groups in total. The number of ketones is 1. The Morgan fingerprint density at radius 1 is 1.07 bits per heavy atom. The molecule has 2 aromatic rings. The Labute approximate surface area is 254 Å². The van der Waals surface area contributed by atoms with Crippen LogP contribution in [0.3, 0.4) is 0 Å². The Balaban J connectivity index is 0.000000711. The van der Waals surface area contributed by atoms with E-state index in [0.717, 1.165) is 36.8 Å². The SMILES string of the molecule is C[C@@H](CCC(=O)c1ccc(F)cc1F)NC(=O)OC(C)(C)C.C[C@H]1CCC(c2ccc(F)cc2F)=N1.O=CC(F)(F)F.[2H]CC. The van der Waals surface area contributed by atoms with Crippen molar-refractivity contribution in [3.63, 3.8) is 0 Å². The molecule has 0 saturated carbocycles. The van der Waals surface area contributed by atoms with Gasteiger partial charge in [-0.2, -0.15) is 13.2 Å². The molecule has 1 aliphatic rings. The highest BCUT2D eigenvalue weighted by atomic mass is 19.4. The number of hydrogen-bond donors (Lipinski definition) is 1. The Kier molecular flexibility index (Phi) is 16.3. The van der Waals surface area contributed by atoms with Gasteiger partial charge in [0.25, 0.3) is 0 Å². The Bertz CT molecular complexity index is 1280. The summed E-state index contributed by atoms with van der Waals surface area (Å²) in [5.41, 5.74) is 0.452. The van der Waals surface area contributed by atoms with Gasteiger partial charge in [-0.3, -0.25) is 14.6 Å². The van der Waals surface area contributed by atoms with E-state index in [-0.39, 0.29) is 24.1 Å². The minimum atomic E-state index is -4.64. The van der Waals surface area contributed by atoms with E-state index in [1.165, 1.54) is 12.1 Å². The molecule has 2 aromatic carbocycles. The standard InChI is InChI=1S/C16H21F2NO3.C11H11F2N.C2HF3O.C2H6/c1-10(19-15(21)22-16(2,3)4)5-8-14(20)12-7-6-11(17)9-13(12)18;1-7-2-5-11(14-7)9-4-3-8(12)6-10(9)13;3-2(4,5)1-6;1-2/h6-7,9-10H,5,8H2,1-4H3,(H,19,21);3-4,6-7H,2,5H2,1H3;1H;1-2H3/t10-;7-;;/m00../s1/i;;;1D. The van der Waals surface area contributed by atoms with Crippen LogP contribution < -0.4 is 5.32 Å². The van der Waals surface area contributed by atoms with Crippen molar-refractivity contribution in [2.24, 2.45) is 4.99 Å². The van der Waals surface area contributed by atoms with Crippen molar-refractivity contribution in [1.29, 1.82) is 0 Å². The summed E-state index contributed by atoms with van der Waals surface area (Å²) < 4.78 is 94.8. The number of carbonyl (C=O) groups excluding carboxylic acids is 3. The summed E-state index contributed by atoms with van der Waals surface area (Å²) in [6.07, 6.45) is -4.17. The molecule has 0 fully saturated rings. The van der Waals surface area contributed by atoms with Crippen molar-refractivity contribution in [3.8, 4) is 0 Å². The van der Waals surface area contributed by atoms with Crippen LogP contribution in [0.4, 0.5) is 35.5 Å². The highest BCUT2D eigenvalue weighted by Crippen LogP contribution is 2.21. The number of halogens is 7. The van der Waals surface area contributed by atoms with E-state index < -0.39 is 53.2 Å². The second-order valence-electron chi connectivity index (χ2n) is 10.4. The lowest BCUT2D eigenvalue weighted by molar-refractivity contribution is -0.156. The molecular weight excluding hydrogens is 597 g/mol. The van der Waals surface area contributed by atoms with E-state index >= 15 is 0 Å². The molecule has 0 bridgehead atoms. The molecule has 0 aromatic heterocycles. The first kappa shape index (κ1) is 38.3. The number of amides is 1. The van der Waals surface area contributed by atoms with Crippen molar-refractivity contribution < 1.29 is 51.2 Å². The van der Waals surface area contributed by atoms with Crippen LogP contribution in [0.5, 0.6) is 0 Å². The van der Waals surface area contributed by atoms with Crippen molar-refractivity contribution in [3.05, 3.63) is 70.8 Å². The fourth-order valence-electron chi connectivity index (χ4n) is 3.45. The Hall–Kier alpha value is -3.77. The van der Waals surface area contributed by atoms with Gasteiger partial charge in [0.1, 0.15) is 28.9 Å². The number of nitrogens with zero attached hydrogens (tertiary/aromatic N) is 1. The third-order valence-electron chi connectivity index (χ3n) is 5.35. The molecule has 0 unspecified atom stereocenters. The van der Waals surface area contributed by atoms with E-state index in [1.807, 2.05) is 6.92 Å². The number of ether oxygens (including phenoxy) is 1. The molecule has 1 aliphatic heterocycles. The van der Waals surface area contributed by atoms with Crippen LogP contribution in [0.1, 0.15) is 91.4 Å². The van der Waals surface area contributed by atoms with Crippen LogP contribution in [0.25, 0.3) is 0 Å².